The largest absolute Gasteiger partial charge is 0.389 e. The molecular weight excluding hydrogens is 296 g/mol. The molecule has 1 aromatic rings. The van der Waals surface area contributed by atoms with E-state index in [-0.39, 0.29) is 12.6 Å². The molecule has 0 unspecified atom stereocenters. The molecule has 0 heterocycles. The molecular formula is C13H19BrN2O2. The number of halogens is 1. The molecule has 0 aromatic heterocycles. The Morgan fingerprint density at radius 2 is 2.11 bits per heavy atom. The highest BCUT2D eigenvalue weighted by Gasteiger charge is 2.13. The number of amides is 2. The Morgan fingerprint density at radius 3 is 2.67 bits per heavy atom. The molecule has 4 nitrogen and oxygen atoms in total. The van der Waals surface area contributed by atoms with Gasteiger partial charge < -0.3 is 15.7 Å². The van der Waals surface area contributed by atoms with Gasteiger partial charge in [-0.3, -0.25) is 0 Å². The Labute approximate surface area is 116 Å². The third-order valence-electron chi connectivity index (χ3n) is 2.37. The van der Waals surface area contributed by atoms with E-state index in [2.05, 4.69) is 33.5 Å². The minimum Gasteiger partial charge on any atom is -0.389 e. The monoisotopic (exact) mass is 314 g/mol. The molecule has 1 aromatic carbocycles. The minimum atomic E-state index is -0.911. The fraction of sp³-hybridized carbons (Fsp3) is 0.462. The molecule has 0 aliphatic rings. The van der Waals surface area contributed by atoms with Crippen molar-refractivity contribution in [1.29, 1.82) is 0 Å². The first kappa shape index (κ1) is 15.0. The lowest BCUT2D eigenvalue weighted by Crippen LogP contribution is -2.40. The van der Waals surface area contributed by atoms with E-state index in [1.54, 1.807) is 13.8 Å². The van der Waals surface area contributed by atoms with Gasteiger partial charge in [-0.15, -0.1) is 0 Å². The van der Waals surface area contributed by atoms with Crippen LogP contribution in [-0.2, 0) is 6.42 Å². The molecule has 0 saturated heterocycles. The number of nitrogens with one attached hydrogen (secondary N) is 2. The first-order valence-corrected chi connectivity index (χ1v) is 6.67. The second-order valence-corrected chi connectivity index (χ2v) is 5.63. The molecule has 0 bridgehead atoms. The molecule has 0 atom stereocenters. The van der Waals surface area contributed by atoms with Crippen LogP contribution in [-0.4, -0.2) is 23.3 Å². The number of hydrogen-bond donors (Lipinski definition) is 3. The van der Waals surface area contributed by atoms with Gasteiger partial charge in [-0.05, 0) is 44.0 Å². The second-order valence-electron chi connectivity index (χ2n) is 4.78. The van der Waals surface area contributed by atoms with Crippen molar-refractivity contribution in [3.8, 4) is 0 Å². The standard InChI is InChI=1S/C13H19BrN2O2/c1-4-9-7-10(5-6-11(9)14)16-12(17)15-8-13(2,3)18/h5-7,18H,4,8H2,1-3H3,(H2,15,16,17). The summed E-state index contributed by atoms with van der Waals surface area (Å²) in [5.74, 6) is 0. The van der Waals surface area contributed by atoms with Gasteiger partial charge in [0.25, 0.3) is 0 Å². The maximum absolute atomic E-state index is 11.6. The number of benzene rings is 1. The Balaban J connectivity index is 2.59. The predicted molar refractivity (Wildman–Crippen MR) is 76.8 cm³/mol. The van der Waals surface area contributed by atoms with Crippen LogP contribution in [0.4, 0.5) is 10.5 Å². The van der Waals surface area contributed by atoms with Crippen molar-refractivity contribution in [2.45, 2.75) is 32.8 Å². The summed E-state index contributed by atoms with van der Waals surface area (Å²) in [6, 6.07) is 5.34. The van der Waals surface area contributed by atoms with Crippen LogP contribution in [0.25, 0.3) is 0 Å². The van der Waals surface area contributed by atoms with Crippen LogP contribution < -0.4 is 10.6 Å². The third kappa shape index (κ3) is 5.06. The number of urea groups is 1. The van der Waals surface area contributed by atoms with Crippen LogP contribution in [0.15, 0.2) is 22.7 Å². The van der Waals surface area contributed by atoms with Crippen molar-refractivity contribution < 1.29 is 9.90 Å². The second kappa shape index (κ2) is 6.20. The Morgan fingerprint density at radius 1 is 1.44 bits per heavy atom. The number of rotatable bonds is 4. The molecule has 2 amide bonds. The highest BCUT2D eigenvalue weighted by molar-refractivity contribution is 9.10. The Kier molecular flexibility index (Phi) is 5.16. The van der Waals surface area contributed by atoms with Crippen molar-refractivity contribution in [3.63, 3.8) is 0 Å². The molecule has 100 valence electrons. The maximum Gasteiger partial charge on any atom is 0.319 e. The lowest BCUT2D eigenvalue weighted by Gasteiger charge is -2.18. The molecule has 18 heavy (non-hydrogen) atoms. The van der Waals surface area contributed by atoms with Crippen molar-refractivity contribution in [2.24, 2.45) is 0 Å². The van der Waals surface area contributed by atoms with Crippen LogP contribution in [0.5, 0.6) is 0 Å². The van der Waals surface area contributed by atoms with E-state index in [0.29, 0.717) is 0 Å². The quantitative estimate of drug-likeness (QED) is 0.800. The summed E-state index contributed by atoms with van der Waals surface area (Å²) in [4.78, 5) is 11.6. The summed E-state index contributed by atoms with van der Waals surface area (Å²) in [5.41, 5.74) is 0.963. The highest BCUT2D eigenvalue weighted by atomic mass is 79.9. The van der Waals surface area contributed by atoms with Gasteiger partial charge in [-0.2, -0.15) is 0 Å². The summed E-state index contributed by atoms with van der Waals surface area (Å²) >= 11 is 3.45. The van der Waals surface area contributed by atoms with Gasteiger partial charge in [0.2, 0.25) is 0 Å². The Hall–Kier alpha value is -1.07. The van der Waals surface area contributed by atoms with Gasteiger partial charge in [-0.1, -0.05) is 22.9 Å². The normalized spacial score (nSPS) is 11.2. The number of aryl methyl sites for hydroxylation is 1. The summed E-state index contributed by atoms with van der Waals surface area (Å²) in [7, 11) is 0. The predicted octanol–water partition coefficient (Wildman–Crippen LogP) is 2.90. The molecule has 0 spiro atoms. The van der Waals surface area contributed by atoms with Crippen molar-refractivity contribution >= 4 is 27.6 Å². The summed E-state index contributed by atoms with van der Waals surface area (Å²) in [6.45, 7) is 5.54. The van der Waals surface area contributed by atoms with E-state index >= 15 is 0 Å². The average molecular weight is 315 g/mol. The topological polar surface area (TPSA) is 61.4 Å². The summed E-state index contributed by atoms with van der Waals surface area (Å²) < 4.78 is 1.03. The van der Waals surface area contributed by atoms with Crippen molar-refractivity contribution in [1.82, 2.24) is 5.32 Å². The van der Waals surface area contributed by atoms with Gasteiger partial charge >= 0.3 is 6.03 Å². The van der Waals surface area contributed by atoms with E-state index in [1.807, 2.05) is 18.2 Å². The SMILES string of the molecule is CCc1cc(NC(=O)NCC(C)(C)O)ccc1Br. The zero-order valence-corrected chi connectivity index (χ0v) is 12.5. The number of anilines is 1. The molecule has 0 fully saturated rings. The van der Waals surface area contributed by atoms with Crippen molar-refractivity contribution in [2.75, 3.05) is 11.9 Å². The van der Waals surface area contributed by atoms with Gasteiger partial charge in [0.1, 0.15) is 0 Å². The zero-order chi connectivity index (χ0) is 13.8. The summed E-state index contributed by atoms with van der Waals surface area (Å²) in [6.07, 6.45) is 0.890. The molecule has 1 rings (SSSR count). The number of carbonyl (C=O) groups is 1. The van der Waals surface area contributed by atoms with Gasteiger partial charge in [-0.25, -0.2) is 4.79 Å². The number of aliphatic hydroxyl groups is 1. The molecule has 0 saturated carbocycles. The van der Waals surface area contributed by atoms with Crippen LogP contribution >= 0.6 is 15.9 Å². The number of hydrogen-bond acceptors (Lipinski definition) is 2. The Bertz CT molecular complexity index is 427. The van der Waals surface area contributed by atoms with Crippen molar-refractivity contribution in [3.05, 3.63) is 28.2 Å². The summed E-state index contributed by atoms with van der Waals surface area (Å²) in [5, 5.41) is 14.8. The lowest BCUT2D eigenvalue weighted by atomic mass is 10.1. The molecule has 5 heteroatoms. The van der Waals surface area contributed by atoms with E-state index in [1.165, 1.54) is 0 Å². The van der Waals surface area contributed by atoms with E-state index in [0.717, 1.165) is 22.1 Å². The average Bonchev–Trinajstić information content (AvgIpc) is 2.28. The van der Waals surface area contributed by atoms with Crippen LogP contribution in [0, 0.1) is 0 Å². The highest BCUT2D eigenvalue weighted by Crippen LogP contribution is 2.21. The lowest BCUT2D eigenvalue weighted by molar-refractivity contribution is 0.0826. The molecule has 0 aliphatic heterocycles. The van der Waals surface area contributed by atoms with E-state index in [4.69, 9.17) is 0 Å². The smallest absolute Gasteiger partial charge is 0.319 e. The van der Waals surface area contributed by atoms with Crippen LogP contribution in [0.3, 0.4) is 0 Å². The van der Waals surface area contributed by atoms with Gasteiger partial charge in [0.05, 0.1) is 5.60 Å². The van der Waals surface area contributed by atoms with Crippen LogP contribution in [0.2, 0.25) is 0 Å². The number of carbonyl (C=O) groups excluding carboxylic acids is 1. The first-order chi connectivity index (χ1) is 8.31. The fourth-order valence-electron chi connectivity index (χ4n) is 1.40. The van der Waals surface area contributed by atoms with Gasteiger partial charge in [0.15, 0.2) is 0 Å². The van der Waals surface area contributed by atoms with E-state index < -0.39 is 5.60 Å². The minimum absolute atomic E-state index is 0.204. The molecule has 0 radical (unpaired) electrons. The fourth-order valence-corrected chi connectivity index (χ4v) is 1.92. The van der Waals surface area contributed by atoms with E-state index in [9.17, 15) is 9.90 Å². The molecule has 3 N–H and O–H groups in total. The van der Waals surface area contributed by atoms with Crippen LogP contribution in [0.1, 0.15) is 26.3 Å². The maximum atomic E-state index is 11.6. The molecule has 0 aliphatic carbocycles. The zero-order valence-electron chi connectivity index (χ0n) is 10.9. The third-order valence-corrected chi connectivity index (χ3v) is 3.14. The van der Waals surface area contributed by atoms with Gasteiger partial charge in [0, 0.05) is 16.7 Å². The first-order valence-electron chi connectivity index (χ1n) is 5.87.